The molecule has 158 valence electrons. The van der Waals surface area contributed by atoms with Gasteiger partial charge in [-0.15, -0.1) is 11.3 Å². The van der Waals surface area contributed by atoms with E-state index in [1.54, 1.807) is 12.1 Å². The molecule has 0 saturated carbocycles. The number of rotatable bonds is 2. The minimum absolute atomic E-state index is 0.0427. The number of nitrogens with one attached hydrogen (secondary N) is 2. The van der Waals surface area contributed by atoms with Crippen LogP contribution < -0.4 is 15.4 Å². The van der Waals surface area contributed by atoms with Crippen molar-refractivity contribution in [1.82, 2.24) is 25.3 Å². The topological polar surface area (TPSA) is 102 Å². The van der Waals surface area contributed by atoms with Gasteiger partial charge in [0.1, 0.15) is 16.8 Å². The van der Waals surface area contributed by atoms with E-state index in [1.807, 2.05) is 6.92 Å². The summed E-state index contributed by atoms with van der Waals surface area (Å²) in [5.74, 6) is -0.969. The number of carbonyl (C=O) groups excluding carboxylic acids is 1. The lowest BCUT2D eigenvalue weighted by atomic mass is 10.1. The van der Waals surface area contributed by atoms with Gasteiger partial charge in [-0.2, -0.15) is 13.2 Å². The number of benzene rings is 1. The molecule has 0 unspecified atom stereocenters. The Hall–Kier alpha value is -3.54. The first-order valence-electron chi connectivity index (χ1n) is 9.13. The number of thiophene rings is 1. The summed E-state index contributed by atoms with van der Waals surface area (Å²) in [7, 11) is 0. The van der Waals surface area contributed by atoms with E-state index in [0.717, 1.165) is 16.4 Å². The monoisotopic (exact) mass is 446 g/mol. The van der Waals surface area contributed by atoms with Crippen LogP contribution in [-0.2, 0) is 6.18 Å². The SMILES string of the molecule is C[C@@H]1CNc2c(sc3ccc4nc(Oc5ncncc5C(F)(F)F)cnc4c23)C(=O)N1. The standard InChI is InChI=1S/C19H13F3N6O2S/c1-8-4-24-15-13-11(31-16(15)17(29)27-8)3-2-10-14(13)25-6-12(28-10)30-18-9(19(20,21)22)5-23-7-26-18/h2-3,5-8,24H,4H2,1H3,(H,27,29)/t8-/m1/s1. The number of hydrogen-bond acceptors (Lipinski definition) is 8. The summed E-state index contributed by atoms with van der Waals surface area (Å²) in [6, 6.07) is 3.43. The zero-order valence-corrected chi connectivity index (χ0v) is 16.6. The van der Waals surface area contributed by atoms with Crippen molar-refractivity contribution in [2.75, 3.05) is 11.9 Å². The van der Waals surface area contributed by atoms with Crippen LogP contribution in [0.25, 0.3) is 21.1 Å². The highest BCUT2D eigenvalue weighted by Gasteiger charge is 2.36. The van der Waals surface area contributed by atoms with Crippen molar-refractivity contribution >= 4 is 44.1 Å². The molecule has 31 heavy (non-hydrogen) atoms. The second-order valence-corrected chi connectivity index (χ2v) is 7.97. The average Bonchev–Trinajstić information content (AvgIpc) is 3.04. The summed E-state index contributed by atoms with van der Waals surface area (Å²) < 4.78 is 45.6. The van der Waals surface area contributed by atoms with E-state index in [9.17, 15) is 18.0 Å². The molecule has 12 heteroatoms. The molecule has 2 N–H and O–H groups in total. The molecule has 1 amide bonds. The number of hydrogen-bond donors (Lipinski definition) is 2. The second kappa shape index (κ2) is 7.01. The van der Waals surface area contributed by atoms with Gasteiger partial charge in [-0.3, -0.25) is 4.79 Å². The molecule has 1 aliphatic heterocycles. The first-order valence-corrected chi connectivity index (χ1v) is 9.95. The maximum absolute atomic E-state index is 13.2. The zero-order valence-electron chi connectivity index (χ0n) is 15.8. The first-order chi connectivity index (χ1) is 14.8. The van der Waals surface area contributed by atoms with Gasteiger partial charge in [0, 0.05) is 28.9 Å². The van der Waals surface area contributed by atoms with E-state index in [1.165, 1.54) is 17.5 Å². The predicted octanol–water partition coefficient (Wildman–Crippen LogP) is 3.99. The van der Waals surface area contributed by atoms with E-state index >= 15 is 0 Å². The van der Waals surface area contributed by atoms with E-state index < -0.39 is 17.6 Å². The third-order valence-corrected chi connectivity index (χ3v) is 5.85. The van der Waals surface area contributed by atoms with Gasteiger partial charge in [-0.1, -0.05) is 0 Å². The van der Waals surface area contributed by atoms with Gasteiger partial charge < -0.3 is 15.4 Å². The van der Waals surface area contributed by atoms with E-state index in [0.29, 0.717) is 34.3 Å². The quantitative estimate of drug-likeness (QED) is 0.480. The Labute approximate surface area is 176 Å². The Kier molecular flexibility index (Phi) is 4.39. The third kappa shape index (κ3) is 3.38. The lowest BCUT2D eigenvalue weighted by Gasteiger charge is -2.11. The molecule has 0 bridgehead atoms. The van der Waals surface area contributed by atoms with Gasteiger partial charge in [-0.05, 0) is 19.1 Å². The number of alkyl halides is 3. The van der Waals surface area contributed by atoms with Crippen LogP contribution in [0.5, 0.6) is 11.8 Å². The Morgan fingerprint density at radius 1 is 1.23 bits per heavy atom. The van der Waals surface area contributed by atoms with Crippen molar-refractivity contribution in [3.63, 3.8) is 0 Å². The second-order valence-electron chi connectivity index (χ2n) is 6.92. The number of carbonyl (C=O) groups is 1. The third-order valence-electron chi connectivity index (χ3n) is 4.69. The first kappa shape index (κ1) is 19.4. The van der Waals surface area contributed by atoms with E-state index in [2.05, 4.69) is 30.6 Å². The number of nitrogens with zero attached hydrogens (tertiary/aromatic N) is 4. The summed E-state index contributed by atoms with van der Waals surface area (Å²) in [5.41, 5.74) is 0.481. The summed E-state index contributed by atoms with van der Waals surface area (Å²) in [4.78, 5) is 28.7. The van der Waals surface area contributed by atoms with E-state index in [4.69, 9.17) is 4.74 Å². The molecule has 0 radical (unpaired) electrons. The van der Waals surface area contributed by atoms with Crippen LogP contribution in [0.2, 0.25) is 0 Å². The molecule has 1 atom stereocenters. The molecule has 8 nitrogen and oxygen atoms in total. The molecule has 3 aromatic heterocycles. The Balaban J connectivity index is 1.60. The molecule has 0 fully saturated rings. The fourth-order valence-corrected chi connectivity index (χ4v) is 4.40. The van der Waals surface area contributed by atoms with Crippen molar-refractivity contribution < 1.29 is 22.7 Å². The van der Waals surface area contributed by atoms with Crippen molar-refractivity contribution in [3.05, 3.63) is 41.3 Å². The largest absolute Gasteiger partial charge is 0.423 e. The van der Waals surface area contributed by atoms with Crippen LogP contribution in [0.4, 0.5) is 18.9 Å². The molecule has 0 spiro atoms. The number of amides is 1. The van der Waals surface area contributed by atoms with Gasteiger partial charge in [0.2, 0.25) is 11.8 Å². The maximum Gasteiger partial charge on any atom is 0.423 e. The Morgan fingerprint density at radius 3 is 2.87 bits per heavy atom. The lowest BCUT2D eigenvalue weighted by Crippen LogP contribution is -2.34. The normalized spacial score (nSPS) is 16.5. The highest BCUT2D eigenvalue weighted by atomic mass is 32.1. The van der Waals surface area contributed by atoms with Crippen LogP contribution in [-0.4, -0.2) is 38.4 Å². The van der Waals surface area contributed by atoms with Crippen molar-refractivity contribution in [1.29, 1.82) is 0 Å². The van der Waals surface area contributed by atoms with Crippen LogP contribution in [0.1, 0.15) is 22.2 Å². The Bertz CT molecular complexity index is 1340. The van der Waals surface area contributed by atoms with E-state index in [-0.39, 0.29) is 17.8 Å². The summed E-state index contributed by atoms with van der Waals surface area (Å²) >= 11 is 1.33. The number of anilines is 1. The maximum atomic E-state index is 13.2. The fraction of sp³-hybridized carbons (Fsp3) is 0.211. The number of aromatic nitrogens is 4. The van der Waals surface area contributed by atoms with Crippen molar-refractivity contribution in [2.45, 2.75) is 19.1 Å². The van der Waals surface area contributed by atoms with Crippen molar-refractivity contribution in [2.24, 2.45) is 0 Å². The van der Waals surface area contributed by atoms with Gasteiger partial charge in [0.15, 0.2) is 0 Å². The minimum atomic E-state index is -4.68. The number of fused-ring (bicyclic) bond motifs is 5. The van der Waals surface area contributed by atoms with Gasteiger partial charge in [0.25, 0.3) is 5.91 Å². The Morgan fingerprint density at radius 2 is 2.06 bits per heavy atom. The van der Waals surface area contributed by atoms with Gasteiger partial charge in [0.05, 0.1) is 22.9 Å². The molecule has 0 aliphatic carbocycles. The highest BCUT2D eigenvalue weighted by Crippen LogP contribution is 2.41. The average molecular weight is 446 g/mol. The molecule has 4 heterocycles. The molecule has 4 aromatic rings. The van der Waals surface area contributed by atoms with Crippen LogP contribution in [0, 0.1) is 0 Å². The fourth-order valence-electron chi connectivity index (χ4n) is 3.32. The van der Waals surface area contributed by atoms with Crippen LogP contribution in [0.3, 0.4) is 0 Å². The molecule has 1 aromatic carbocycles. The lowest BCUT2D eigenvalue weighted by molar-refractivity contribution is -0.139. The number of halogens is 3. The van der Waals surface area contributed by atoms with Crippen LogP contribution in [0.15, 0.2) is 30.9 Å². The van der Waals surface area contributed by atoms with Crippen LogP contribution >= 0.6 is 11.3 Å². The molecule has 1 aliphatic rings. The molecule has 0 saturated heterocycles. The van der Waals surface area contributed by atoms with Gasteiger partial charge >= 0.3 is 6.18 Å². The molecular formula is C19H13F3N6O2S. The zero-order chi connectivity index (χ0) is 21.8. The summed E-state index contributed by atoms with van der Waals surface area (Å²) in [6.45, 7) is 2.44. The smallest absolute Gasteiger partial charge is 0.418 e. The highest BCUT2D eigenvalue weighted by molar-refractivity contribution is 7.21. The molecule has 5 rings (SSSR count). The van der Waals surface area contributed by atoms with Gasteiger partial charge in [-0.25, -0.2) is 19.9 Å². The summed E-state index contributed by atoms with van der Waals surface area (Å²) in [6.07, 6.45) is -1.85. The summed E-state index contributed by atoms with van der Waals surface area (Å²) in [5, 5.41) is 6.93. The minimum Gasteiger partial charge on any atom is -0.418 e. The molecular weight excluding hydrogens is 433 g/mol. The van der Waals surface area contributed by atoms with Crippen molar-refractivity contribution in [3.8, 4) is 11.8 Å². The predicted molar refractivity (Wildman–Crippen MR) is 107 cm³/mol. The number of ether oxygens (including phenoxy) is 1.